The van der Waals surface area contributed by atoms with Gasteiger partial charge in [-0.05, 0) is 79.7 Å². The van der Waals surface area contributed by atoms with E-state index < -0.39 is 17.1 Å². The predicted octanol–water partition coefficient (Wildman–Crippen LogP) is 8.68. The molecule has 47 heavy (non-hydrogen) atoms. The lowest BCUT2D eigenvalue weighted by Gasteiger charge is -2.18. The second-order valence-corrected chi connectivity index (χ2v) is 13.1. The Morgan fingerprint density at radius 3 is 2.04 bits per heavy atom. The minimum absolute atomic E-state index is 0.140. The summed E-state index contributed by atoms with van der Waals surface area (Å²) in [6.45, 7) is 3.69. The molecular formula is C36H32N4O4S3. The molecule has 4 N–H and O–H groups in total. The van der Waals surface area contributed by atoms with Crippen LogP contribution >= 0.6 is 35.3 Å². The molecule has 0 fully saturated rings. The third kappa shape index (κ3) is 8.64. The third-order valence-electron chi connectivity index (χ3n) is 7.01. The van der Waals surface area contributed by atoms with Crippen LogP contribution in [0.3, 0.4) is 0 Å². The lowest BCUT2D eigenvalue weighted by molar-refractivity contribution is -0.115. The lowest BCUT2D eigenvalue weighted by Crippen LogP contribution is -2.20. The SMILES string of the molecule is COC(=O)c1c(NC(=O)C(Sc2cccc(NC(=S)Nc3ccc(C)cc3)c2)c2ccccc2)sc(C(=O)Nc2ccccc2)c1C. The van der Waals surface area contributed by atoms with Crippen LogP contribution in [0.4, 0.5) is 22.1 Å². The Bertz CT molecular complexity index is 1900. The number of ether oxygens (including phenoxy) is 1. The molecule has 0 aliphatic heterocycles. The topological polar surface area (TPSA) is 109 Å². The number of carbonyl (C=O) groups excluding carboxylic acids is 3. The number of anilines is 4. The maximum atomic E-state index is 14.0. The van der Waals surface area contributed by atoms with Gasteiger partial charge in [0.05, 0.1) is 17.6 Å². The van der Waals surface area contributed by atoms with Crippen LogP contribution in [-0.2, 0) is 9.53 Å². The molecule has 11 heteroatoms. The fourth-order valence-electron chi connectivity index (χ4n) is 4.67. The first-order valence-corrected chi connectivity index (χ1v) is 16.7. The van der Waals surface area contributed by atoms with Crippen molar-refractivity contribution in [2.45, 2.75) is 24.0 Å². The molecule has 238 valence electrons. The zero-order valence-corrected chi connectivity index (χ0v) is 28.3. The number of esters is 1. The molecule has 5 rings (SSSR count). The number of hydrogen-bond donors (Lipinski definition) is 4. The number of thiocarbonyl (C=S) groups is 1. The van der Waals surface area contributed by atoms with Crippen LogP contribution in [0.15, 0.2) is 114 Å². The van der Waals surface area contributed by atoms with E-state index >= 15 is 0 Å². The fraction of sp³-hybridized carbons (Fsp3) is 0.111. The van der Waals surface area contributed by atoms with E-state index in [1.54, 1.807) is 19.1 Å². The standard InChI is InChI=1S/C36H32N4O4S3/c1-22-17-19-26(20-18-22)38-36(45)39-27-15-10-16-28(21-27)46-31(24-11-6-4-7-12-24)33(42)40-34-29(35(43)44-3)23(2)30(47-34)32(41)37-25-13-8-5-9-14-25/h4-21,31H,1-3H3,(H,37,41)(H,40,42)(H2,38,39,45). The zero-order chi connectivity index (χ0) is 33.3. The van der Waals surface area contributed by atoms with Crippen LogP contribution in [0.2, 0.25) is 0 Å². The number of carbonyl (C=O) groups is 3. The highest BCUT2D eigenvalue weighted by atomic mass is 32.2. The molecule has 2 amide bonds. The number of benzene rings is 4. The highest BCUT2D eigenvalue weighted by Gasteiger charge is 2.29. The van der Waals surface area contributed by atoms with Crippen molar-refractivity contribution < 1.29 is 19.1 Å². The molecule has 0 saturated carbocycles. The smallest absolute Gasteiger partial charge is 0.341 e. The van der Waals surface area contributed by atoms with Crippen molar-refractivity contribution in [3.8, 4) is 0 Å². The van der Waals surface area contributed by atoms with Crippen molar-refractivity contribution in [2.75, 3.05) is 28.4 Å². The van der Waals surface area contributed by atoms with Crippen LogP contribution in [0.25, 0.3) is 0 Å². The van der Waals surface area contributed by atoms with Gasteiger partial charge >= 0.3 is 5.97 Å². The molecule has 8 nitrogen and oxygen atoms in total. The van der Waals surface area contributed by atoms with Crippen LogP contribution in [0.1, 0.15) is 42.0 Å². The number of methoxy groups -OCH3 is 1. The summed E-state index contributed by atoms with van der Waals surface area (Å²) in [5.74, 6) is -1.40. The second kappa shape index (κ2) is 15.5. The number of amides is 2. The molecule has 0 spiro atoms. The number of nitrogens with one attached hydrogen (secondary N) is 4. The van der Waals surface area contributed by atoms with Gasteiger partial charge in [-0.1, -0.05) is 72.3 Å². The fourth-order valence-corrected chi connectivity index (χ4v) is 7.08. The number of hydrogen-bond acceptors (Lipinski definition) is 7. The number of rotatable bonds is 10. The summed E-state index contributed by atoms with van der Waals surface area (Å²) in [5.41, 5.74) is 4.71. The first-order valence-electron chi connectivity index (χ1n) is 14.6. The first kappa shape index (κ1) is 33.4. The summed E-state index contributed by atoms with van der Waals surface area (Å²) in [6.07, 6.45) is 0. The molecule has 0 aliphatic carbocycles. The maximum absolute atomic E-state index is 14.0. The van der Waals surface area contributed by atoms with Gasteiger partial charge in [-0.2, -0.15) is 0 Å². The molecule has 0 saturated heterocycles. The molecule has 0 aliphatic rings. The molecule has 4 aromatic carbocycles. The molecule has 0 radical (unpaired) electrons. The second-order valence-electron chi connectivity index (χ2n) is 10.4. The number of aryl methyl sites for hydroxylation is 1. The summed E-state index contributed by atoms with van der Waals surface area (Å²) in [4.78, 5) is 41.3. The van der Waals surface area contributed by atoms with E-state index in [4.69, 9.17) is 17.0 Å². The van der Waals surface area contributed by atoms with Gasteiger partial charge in [-0.3, -0.25) is 9.59 Å². The third-order valence-corrected chi connectivity index (χ3v) is 9.66. The summed E-state index contributed by atoms with van der Waals surface area (Å²) in [7, 11) is 1.26. The van der Waals surface area contributed by atoms with Crippen molar-refractivity contribution in [3.63, 3.8) is 0 Å². The molecule has 1 unspecified atom stereocenters. The average molecular weight is 681 g/mol. The van der Waals surface area contributed by atoms with E-state index in [0.29, 0.717) is 21.2 Å². The molecular weight excluding hydrogens is 649 g/mol. The van der Waals surface area contributed by atoms with Gasteiger partial charge in [0, 0.05) is 22.0 Å². The molecule has 1 heterocycles. The van der Waals surface area contributed by atoms with Gasteiger partial charge in [0.1, 0.15) is 10.3 Å². The molecule has 5 aromatic rings. The Hall–Kier alpha value is -4.97. The van der Waals surface area contributed by atoms with Crippen LogP contribution in [-0.4, -0.2) is 30.0 Å². The lowest BCUT2D eigenvalue weighted by atomic mass is 10.1. The van der Waals surface area contributed by atoms with Crippen LogP contribution in [0, 0.1) is 13.8 Å². The van der Waals surface area contributed by atoms with Gasteiger partial charge in [0.15, 0.2) is 5.11 Å². The van der Waals surface area contributed by atoms with E-state index in [9.17, 15) is 14.4 Å². The average Bonchev–Trinajstić information content (AvgIpc) is 3.40. The maximum Gasteiger partial charge on any atom is 0.341 e. The van der Waals surface area contributed by atoms with Gasteiger partial charge < -0.3 is 26.0 Å². The van der Waals surface area contributed by atoms with E-state index in [1.807, 2.05) is 104 Å². The summed E-state index contributed by atoms with van der Waals surface area (Å²) in [6, 6.07) is 33.9. The van der Waals surface area contributed by atoms with E-state index in [0.717, 1.165) is 38.7 Å². The monoisotopic (exact) mass is 680 g/mol. The Morgan fingerprint density at radius 1 is 0.745 bits per heavy atom. The Balaban J connectivity index is 1.38. The van der Waals surface area contributed by atoms with Crippen LogP contribution < -0.4 is 21.3 Å². The normalized spacial score (nSPS) is 11.2. The Kier molecular flexibility index (Phi) is 11.0. The first-order chi connectivity index (χ1) is 22.7. The summed E-state index contributed by atoms with van der Waals surface area (Å²) >= 11 is 7.90. The van der Waals surface area contributed by atoms with Crippen LogP contribution in [0.5, 0.6) is 0 Å². The molecule has 1 aromatic heterocycles. The largest absolute Gasteiger partial charge is 0.465 e. The van der Waals surface area contributed by atoms with Crippen molar-refractivity contribution in [3.05, 3.63) is 136 Å². The van der Waals surface area contributed by atoms with E-state index in [2.05, 4.69) is 21.3 Å². The number of thiophene rings is 1. The minimum Gasteiger partial charge on any atom is -0.465 e. The van der Waals surface area contributed by atoms with Gasteiger partial charge in [0.2, 0.25) is 5.91 Å². The predicted molar refractivity (Wildman–Crippen MR) is 196 cm³/mol. The molecule has 0 bridgehead atoms. The quantitative estimate of drug-likeness (QED) is 0.0659. The van der Waals surface area contributed by atoms with Crippen molar-refractivity contribution >= 4 is 80.3 Å². The summed E-state index contributed by atoms with van der Waals surface area (Å²) < 4.78 is 5.04. The van der Waals surface area contributed by atoms with Gasteiger partial charge in [-0.25, -0.2) is 4.79 Å². The van der Waals surface area contributed by atoms with E-state index in [1.165, 1.54) is 18.9 Å². The zero-order valence-electron chi connectivity index (χ0n) is 25.8. The highest BCUT2D eigenvalue weighted by Crippen LogP contribution is 2.40. The highest BCUT2D eigenvalue weighted by molar-refractivity contribution is 8.00. The Morgan fingerprint density at radius 2 is 1.36 bits per heavy atom. The van der Waals surface area contributed by atoms with Crippen molar-refractivity contribution in [2.24, 2.45) is 0 Å². The molecule has 1 atom stereocenters. The van der Waals surface area contributed by atoms with E-state index in [-0.39, 0.29) is 16.5 Å². The van der Waals surface area contributed by atoms with Gasteiger partial charge in [0.25, 0.3) is 5.91 Å². The van der Waals surface area contributed by atoms with Gasteiger partial charge in [-0.15, -0.1) is 23.1 Å². The number of thioether (sulfide) groups is 1. The minimum atomic E-state index is -0.696. The van der Waals surface area contributed by atoms with Crippen molar-refractivity contribution in [1.82, 2.24) is 0 Å². The number of para-hydroxylation sites is 1. The Labute approximate surface area is 286 Å². The summed E-state index contributed by atoms with van der Waals surface area (Å²) in [5, 5.41) is 12.1. The van der Waals surface area contributed by atoms with Crippen molar-refractivity contribution in [1.29, 1.82) is 0 Å².